The van der Waals surface area contributed by atoms with Gasteiger partial charge in [0.1, 0.15) is 0 Å². The first-order chi connectivity index (χ1) is 10.0. The fraction of sp³-hybridized carbons (Fsp3) is 0.429. The number of carbonyl (C=O) groups excluding carboxylic acids is 2. The third-order valence-electron chi connectivity index (χ3n) is 2.38. The van der Waals surface area contributed by atoms with Crippen molar-refractivity contribution in [2.75, 3.05) is 26.6 Å². The lowest BCUT2D eigenvalue weighted by atomic mass is 10.1. The number of alkyl halides is 1. The zero-order chi connectivity index (χ0) is 16.1. The Morgan fingerprint density at radius 2 is 1.86 bits per heavy atom. The van der Waals surface area contributed by atoms with Crippen LogP contribution in [-0.2, 0) is 16.0 Å². The Morgan fingerprint density at radius 1 is 1.24 bits per heavy atom. The van der Waals surface area contributed by atoms with Crippen LogP contribution in [0.25, 0.3) is 0 Å². The van der Waals surface area contributed by atoms with E-state index in [2.05, 4.69) is 15.6 Å². The van der Waals surface area contributed by atoms with Gasteiger partial charge in [-0.15, -0.1) is 11.6 Å². The van der Waals surface area contributed by atoms with Crippen molar-refractivity contribution in [1.29, 1.82) is 0 Å². The van der Waals surface area contributed by atoms with Crippen LogP contribution in [0.1, 0.15) is 22.3 Å². The monoisotopic (exact) mass is 334 g/mol. The average Bonchev–Trinajstić information content (AvgIpc) is 2.48. The van der Waals surface area contributed by atoms with Gasteiger partial charge in [-0.25, -0.2) is 4.79 Å². The van der Waals surface area contributed by atoms with E-state index in [1.165, 1.54) is 12.7 Å². The summed E-state index contributed by atoms with van der Waals surface area (Å²) in [5.74, 6) is 0.0254. The van der Waals surface area contributed by atoms with Crippen molar-refractivity contribution in [3.8, 4) is 0 Å². The average molecular weight is 335 g/mol. The second kappa shape index (κ2) is 12.6. The van der Waals surface area contributed by atoms with Gasteiger partial charge in [-0.1, -0.05) is 12.1 Å². The van der Waals surface area contributed by atoms with Crippen LogP contribution in [0.2, 0.25) is 0 Å². The molecule has 118 valence electrons. The SMILES string of the molecule is CNNCCc1ccc(C(=O)OC)cc1.O=C(Cl)CCCl. The van der Waals surface area contributed by atoms with Crippen LogP contribution >= 0.6 is 23.2 Å². The van der Waals surface area contributed by atoms with Gasteiger partial charge in [-0.3, -0.25) is 15.6 Å². The molecule has 0 spiro atoms. The smallest absolute Gasteiger partial charge is 0.337 e. The summed E-state index contributed by atoms with van der Waals surface area (Å²) in [6, 6.07) is 7.42. The summed E-state index contributed by atoms with van der Waals surface area (Å²) in [7, 11) is 3.22. The second-order valence-corrected chi connectivity index (χ2v) is 4.71. The molecule has 2 N–H and O–H groups in total. The minimum Gasteiger partial charge on any atom is -0.465 e. The molecule has 0 fully saturated rings. The van der Waals surface area contributed by atoms with Gasteiger partial charge in [0, 0.05) is 18.8 Å². The van der Waals surface area contributed by atoms with E-state index in [1.807, 2.05) is 19.2 Å². The number of hydrogen-bond donors (Lipinski definition) is 2. The van der Waals surface area contributed by atoms with E-state index in [4.69, 9.17) is 23.2 Å². The quantitative estimate of drug-likeness (QED) is 0.263. The molecule has 0 saturated heterocycles. The minimum atomic E-state index is -0.370. The maximum absolute atomic E-state index is 11.1. The minimum absolute atomic E-state index is 0.267. The number of rotatable bonds is 7. The van der Waals surface area contributed by atoms with Crippen molar-refractivity contribution in [1.82, 2.24) is 10.9 Å². The van der Waals surface area contributed by atoms with Crippen LogP contribution in [0.5, 0.6) is 0 Å². The Morgan fingerprint density at radius 3 is 2.24 bits per heavy atom. The molecule has 0 saturated carbocycles. The summed E-state index contributed by atoms with van der Waals surface area (Å²) in [6.07, 6.45) is 1.19. The van der Waals surface area contributed by atoms with E-state index < -0.39 is 0 Å². The Hall–Kier alpha value is -1.14. The van der Waals surface area contributed by atoms with Gasteiger partial charge in [0.25, 0.3) is 0 Å². The highest BCUT2D eigenvalue weighted by Crippen LogP contribution is 2.05. The molecule has 1 aromatic carbocycles. The van der Waals surface area contributed by atoms with Gasteiger partial charge in [0.15, 0.2) is 0 Å². The molecule has 0 aromatic heterocycles. The third kappa shape index (κ3) is 10.3. The van der Waals surface area contributed by atoms with Crippen LogP contribution < -0.4 is 10.9 Å². The number of halogens is 2. The number of benzene rings is 1. The Balaban J connectivity index is 0.000000567. The second-order valence-electron chi connectivity index (χ2n) is 3.91. The number of nitrogens with one attached hydrogen (secondary N) is 2. The highest BCUT2D eigenvalue weighted by atomic mass is 35.5. The zero-order valence-corrected chi connectivity index (χ0v) is 13.6. The van der Waals surface area contributed by atoms with E-state index in [-0.39, 0.29) is 17.6 Å². The lowest BCUT2D eigenvalue weighted by Gasteiger charge is -2.04. The first kappa shape index (κ1) is 19.9. The van der Waals surface area contributed by atoms with E-state index >= 15 is 0 Å². The number of ether oxygens (including phenoxy) is 1. The predicted octanol–water partition coefficient (Wildman–Crippen LogP) is 2.12. The van der Waals surface area contributed by atoms with Crippen molar-refractivity contribution < 1.29 is 14.3 Å². The van der Waals surface area contributed by atoms with Crippen molar-refractivity contribution in [3.05, 3.63) is 35.4 Å². The number of carbonyl (C=O) groups is 2. The summed E-state index contributed by atoms with van der Waals surface area (Å²) in [6.45, 7) is 0.855. The lowest BCUT2D eigenvalue weighted by Crippen LogP contribution is -2.29. The molecule has 0 radical (unpaired) electrons. The first-order valence-corrected chi connectivity index (χ1v) is 7.27. The van der Waals surface area contributed by atoms with Crippen LogP contribution in [0, 0.1) is 0 Å². The molecule has 0 heterocycles. The highest BCUT2D eigenvalue weighted by Gasteiger charge is 2.03. The standard InChI is InChI=1S/C11H16N2O2.C3H4Cl2O/c1-12-13-8-7-9-3-5-10(6-4-9)11(14)15-2;4-2-1-3(5)6/h3-6,12-13H,7-8H2,1-2H3;1-2H2. The van der Waals surface area contributed by atoms with Crippen molar-refractivity contribution in [2.24, 2.45) is 0 Å². The van der Waals surface area contributed by atoms with Gasteiger partial charge >= 0.3 is 5.97 Å². The van der Waals surface area contributed by atoms with Gasteiger partial charge < -0.3 is 4.74 Å². The Labute approximate surface area is 134 Å². The summed E-state index contributed by atoms with van der Waals surface area (Å²) >= 11 is 9.95. The maximum Gasteiger partial charge on any atom is 0.337 e. The van der Waals surface area contributed by atoms with Gasteiger partial charge in [-0.05, 0) is 42.8 Å². The molecule has 21 heavy (non-hydrogen) atoms. The van der Waals surface area contributed by atoms with E-state index in [0.717, 1.165) is 13.0 Å². The van der Waals surface area contributed by atoms with E-state index in [1.54, 1.807) is 12.1 Å². The Bertz CT molecular complexity index is 425. The van der Waals surface area contributed by atoms with Crippen LogP contribution in [0.15, 0.2) is 24.3 Å². The summed E-state index contributed by atoms with van der Waals surface area (Å²) in [5.41, 5.74) is 7.63. The number of methoxy groups -OCH3 is 1. The summed E-state index contributed by atoms with van der Waals surface area (Å²) in [4.78, 5) is 20.9. The fourth-order valence-electron chi connectivity index (χ4n) is 1.33. The topological polar surface area (TPSA) is 67.4 Å². The zero-order valence-electron chi connectivity index (χ0n) is 12.1. The lowest BCUT2D eigenvalue weighted by molar-refractivity contribution is -0.111. The maximum atomic E-state index is 11.1. The highest BCUT2D eigenvalue weighted by molar-refractivity contribution is 6.63. The van der Waals surface area contributed by atoms with Crippen molar-refractivity contribution in [3.63, 3.8) is 0 Å². The van der Waals surface area contributed by atoms with Crippen LogP contribution in [-0.4, -0.2) is 37.8 Å². The molecule has 0 bridgehead atoms. The molecule has 0 aliphatic carbocycles. The van der Waals surface area contributed by atoms with Gasteiger partial charge in [0.2, 0.25) is 5.24 Å². The van der Waals surface area contributed by atoms with E-state index in [9.17, 15) is 9.59 Å². The molecular formula is C14H20Cl2N2O3. The van der Waals surface area contributed by atoms with E-state index in [0.29, 0.717) is 11.4 Å². The summed E-state index contributed by atoms with van der Waals surface area (Å²) in [5, 5.41) is -0.370. The fourth-order valence-corrected chi connectivity index (χ4v) is 1.69. The molecule has 1 aromatic rings. The molecule has 0 amide bonds. The molecule has 7 heteroatoms. The van der Waals surface area contributed by atoms with Gasteiger partial charge in [-0.2, -0.15) is 0 Å². The largest absolute Gasteiger partial charge is 0.465 e. The molecule has 0 aliphatic heterocycles. The van der Waals surface area contributed by atoms with Crippen LogP contribution in [0.3, 0.4) is 0 Å². The number of esters is 1. The Kier molecular flexibility index (Phi) is 11.9. The molecule has 0 atom stereocenters. The molecular weight excluding hydrogens is 315 g/mol. The molecule has 0 aliphatic rings. The number of hydrazine groups is 1. The van der Waals surface area contributed by atoms with Crippen molar-refractivity contribution in [2.45, 2.75) is 12.8 Å². The third-order valence-corrected chi connectivity index (χ3v) is 2.76. The summed E-state index contributed by atoms with van der Waals surface area (Å²) < 4.78 is 4.61. The number of hydrogen-bond acceptors (Lipinski definition) is 5. The normalized spacial score (nSPS) is 9.52. The molecule has 5 nitrogen and oxygen atoms in total. The van der Waals surface area contributed by atoms with Crippen molar-refractivity contribution >= 4 is 34.4 Å². The molecule has 0 unspecified atom stereocenters. The van der Waals surface area contributed by atoms with Crippen LogP contribution in [0.4, 0.5) is 0 Å². The predicted molar refractivity (Wildman–Crippen MR) is 84.7 cm³/mol. The molecule has 1 rings (SSSR count). The van der Waals surface area contributed by atoms with Gasteiger partial charge in [0.05, 0.1) is 12.7 Å². The first-order valence-electron chi connectivity index (χ1n) is 6.36.